The minimum absolute atomic E-state index is 0.227. The van der Waals surface area contributed by atoms with Crippen molar-refractivity contribution < 1.29 is 0 Å². The maximum absolute atomic E-state index is 6.05. The lowest BCUT2D eigenvalue weighted by molar-refractivity contribution is 1.13. The van der Waals surface area contributed by atoms with E-state index < -0.39 is 0 Å². The van der Waals surface area contributed by atoms with Crippen molar-refractivity contribution in [2.45, 2.75) is 9.92 Å². The molecule has 1 heterocycles. The van der Waals surface area contributed by atoms with E-state index in [0.29, 0.717) is 20.1 Å². The van der Waals surface area contributed by atoms with Crippen LogP contribution in [0.4, 0.5) is 0 Å². The summed E-state index contributed by atoms with van der Waals surface area (Å²) < 4.78 is 0. The summed E-state index contributed by atoms with van der Waals surface area (Å²) >= 11 is 25.1. The van der Waals surface area contributed by atoms with Crippen LogP contribution in [0.1, 0.15) is 0 Å². The van der Waals surface area contributed by atoms with Gasteiger partial charge in [-0.05, 0) is 18.2 Å². The molecule has 0 amide bonds. The van der Waals surface area contributed by atoms with Crippen molar-refractivity contribution >= 4 is 58.2 Å². The van der Waals surface area contributed by atoms with Crippen molar-refractivity contribution in [2.24, 2.45) is 0 Å². The van der Waals surface area contributed by atoms with E-state index in [9.17, 15) is 0 Å². The standard InChI is InChI=1S/C11H5Cl4NS/c12-6-3-1-2-4-9(6)17-11-8(14)5-7(13)10(15)16-11/h1-5H. The average Bonchev–Trinajstić information content (AvgIpc) is 2.29. The SMILES string of the molecule is Clc1ccccc1Sc1nc(Cl)c(Cl)cc1Cl. The zero-order valence-electron chi connectivity index (χ0n) is 8.25. The van der Waals surface area contributed by atoms with E-state index in [1.165, 1.54) is 11.8 Å². The first-order chi connectivity index (χ1) is 8.08. The Hall–Kier alpha value is -0.120. The highest BCUT2D eigenvalue weighted by molar-refractivity contribution is 7.99. The predicted molar refractivity (Wildman–Crippen MR) is 74.8 cm³/mol. The van der Waals surface area contributed by atoms with Gasteiger partial charge in [-0.2, -0.15) is 0 Å². The molecule has 1 nitrogen and oxygen atoms in total. The van der Waals surface area contributed by atoms with Gasteiger partial charge in [0.25, 0.3) is 0 Å². The van der Waals surface area contributed by atoms with Gasteiger partial charge in [-0.3, -0.25) is 0 Å². The van der Waals surface area contributed by atoms with Gasteiger partial charge >= 0.3 is 0 Å². The zero-order valence-corrected chi connectivity index (χ0v) is 12.1. The van der Waals surface area contributed by atoms with Crippen molar-refractivity contribution in [2.75, 3.05) is 0 Å². The van der Waals surface area contributed by atoms with E-state index in [0.717, 1.165) is 4.90 Å². The van der Waals surface area contributed by atoms with Gasteiger partial charge in [0.05, 0.1) is 15.1 Å². The largest absolute Gasteiger partial charge is 0.226 e. The van der Waals surface area contributed by atoms with Gasteiger partial charge in [-0.15, -0.1) is 0 Å². The molecule has 0 radical (unpaired) electrons. The molecular formula is C11H5Cl4NS. The van der Waals surface area contributed by atoms with E-state index in [4.69, 9.17) is 46.4 Å². The first kappa shape index (κ1) is 13.3. The molecule has 0 unspecified atom stereocenters. The lowest BCUT2D eigenvalue weighted by Crippen LogP contribution is -1.85. The molecule has 0 saturated heterocycles. The van der Waals surface area contributed by atoms with E-state index >= 15 is 0 Å². The van der Waals surface area contributed by atoms with Gasteiger partial charge in [0, 0.05) is 4.90 Å². The summed E-state index contributed by atoms with van der Waals surface area (Å²) in [6, 6.07) is 9.00. The molecule has 6 heteroatoms. The summed E-state index contributed by atoms with van der Waals surface area (Å²) in [5.41, 5.74) is 0. The molecule has 0 saturated carbocycles. The molecule has 17 heavy (non-hydrogen) atoms. The second-order valence-electron chi connectivity index (χ2n) is 3.08. The molecule has 0 atom stereocenters. The number of hydrogen-bond acceptors (Lipinski definition) is 2. The molecule has 0 bridgehead atoms. The molecular weight excluding hydrogens is 320 g/mol. The molecule has 1 aromatic heterocycles. The Bertz CT molecular complexity index is 559. The van der Waals surface area contributed by atoms with E-state index in [2.05, 4.69) is 4.98 Å². The molecule has 2 aromatic rings. The molecule has 88 valence electrons. The lowest BCUT2D eigenvalue weighted by Gasteiger charge is -2.06. The highest BCUT2D eigenvalue weighted by Gasteiger charge is 2.10. The molecule has 2 rings (SSSR count). The Morgan fingerprint density at radius 2 is 1.59 bits per heavy atom. The Morgan fingerprint density at radius 3 is 2.29 bits per heavy atom. The van der Waals surface area contributed by atoms with Crippen molar-refractivity contribution in [1.82, 2.24) is 4.98 Å². The van der Waals surface area contributed by atoms with Crippen molar-refractivity contribution in [3.05, 3.63) is 50.6 Å². The Labute approximate surface area is 123 Å². The van der Waals surface area contributed by atoms with E-state index in [-0.39, 0.29) is 5.15 Å². The second kappa shape index (κ2) is 5.68. The molecule has 0 aliphatic heterocycles. The topological polar surface area (TPSA) is 12.9 Å². The molecule has 1 aromatic carbocycles. The van der Waals surface area contributed by atoms with Crippen molar-refractivity contribution in [3.63, 3.8) is 0 Å². The fourth-order valence-corrected chi connectivity index (χ4v) is 2.86. The van der Waals surface area contributed by atoms with Crippen LogP contribution in [-0.4, -0.2) is 4.98 Å². The number of nitrogens with zero attached hydrogens (tertiary/aromatic N) is 1. The fourth-order valence-electron chi connectivity index (χ4n) is 1.13. The minimum Gasteiger partial charge on any atom is -0.226 e. The quantitative estimate of drug-likeness (QED) is 0.643. The van der Waals surface area contributed by atoms with Crippen molar-refractivity contribution in [3.8, 4) is 0 Å². The summed E-state index contributed by atoms with van der Waals surface area (Å²) in [4.78, 5) is 4.98. The molecule has 0 aliphatic carbocycles. The van der Waals surface area contributed by atoms with E-state index in [1.807, 2.05) is 18.2 Å². The first-order valence-electron chi connectivity index (χ1n) is 4.52. The van der Waals surface area contributed by atoms with Crippen LogP contribution in [0, 0.1) is 0 Å². The van der Waals surface area contributed by atoms with Gasteiger partial charge < -0.3 is 0 Å². The number of halogens is 4. The Balaban J connectivity index is 2.37. The van der Waals surface area contributed by atoms with Gasteiger partial charge in [-0.1, -0.05) is 70.3 Å². The molecule has 0 aliphatic rings. The minimum atomic E-state index is 0.227. The third-order valence-corrected chi connectivity index (χ3v) is 4.49. The third-order valence-electron chi connectivity index (χ3n) is 1.90. The van der Waals surface area contributed by atoms with Gasteiger partial charge in [0.1, 0.15) is 10.2 Å². The van der Waals surface area contributed by atoms with Gasteiger partial charge in [0.15, 0.2) is 0 Å². The maximum atomic E-state index is 6.05. The van der Waals surface area contributed by atoms with Crippen LogP contribution in [0.5, 0.6) is 0 Å². The van der Waals surface area contributed by atoms with Crippen LogP contribution in [0.3, 0.4) is 0 Å². The highest BCUT2D eigenvalue weighted by atomic mass is 35.5. The van der Waals surface area contributed by atoms with Crippen LogP contribution in [0.15, 0.2) is 40.3 Å². The summed E-state index contributed by atoms with van der Waals surface area (Å²) in [7, 11) is 0. The number of rotatable bonds is 2. The average molecular weight is 325 g/mol. The Kier molecular flexibility index (Phi) is 4.45. The predicted octanol–water partition coefficient (Wildman–Crippen LogP) is 5.85. The van der Waals surface area contributed by atoms with Crippen LogP contribution < -0.4 is 0 Å². The van der Waals surface area contributed by atoms with Crippen LogP contribution in [0.25, 0.3) is 0 Å². The second-order valence-corrected chi connectivity index (χ2v) is 5.69. The van der Waals surface area contributed by atoms with Gasteiger partial charge in [0.2, 0.25) is 0 Å². The van der Waals surface area contributed by atoms with Crippen LogP contribution in [0.2, 0.25) is 20.2 Å². The van der Waals surface area contributed by atoms with Crippen molar-refractivity contribution in [1.29, 1.82) is 0 Å². The number of hydrogen-bond donors (Lipinski definition) is 0. The monoisotopic (exact) mass is 323 g/mol. The summed E-state index contributed by atoms with van der Waals surface area (Å²) in [5, 5.41) is 2.23. The van der Waals surface area contributed by atoms with Crippen LogP contribution >= 0.6 is 58.2 Å². The number of aromatic nitrogens is 1. The maximum Gasteiger partial charge on any atom is 0.149 e. The molecule has 0 fully saturated rings. The smallest absolute Gasteiger partial charge is 0.149 e. The Morgan fingerprint density at radius 1 is 0.882 bits per heavy atom. The molecule has 0 spiro atoms. The number of benzene rings is 1. The normalized spacial score (nSPS) is 10.6. The third kappa shape index (κ3) is 3.21. The van der Waals surface area contributed by atoms with Gasteiger partial charge in [-0.25, -0.2) is 4.98 Å². The fraction of sp³-hybridized carbons (Fsp3) is 0. The number of pyridine rings is 1. The molecule has 0 N–H and O–H groups in total. The summed E-state index contributed by atoms with van der Waals surface area (Å²) in [5.74, 6) is 0. The summed E-state index contributed by atoms with van der Waals surface area (Å²) in [6.45, 7) is 0. The zero-order chi connectivity index (χ0) is 12.4. The van der Waals surface area contributed by atoms with E-state index in [1.54, 1.807) is 12.1 Å². The summed E-state index contributed by atoms with van der Waals surface area (Å²) in [6.07, 6.45) is 0. The lowest BCUT2D eigenvalue weighted by atomic mass is 10.4. The first-order valence-corrected chi connectivity index (χ1v) is 6.84. The van der Waals surface area contributed by atoms with Crippen LogP contribution in [-0.2, 0) is 0 Å². The highest BCUT2D eigenvalue weighted by Crippen LogP contribution is 2.38.